The van der Waals surface area contributed by atoms with Crippen molar-refractivity contribution in [3.05, 3.63) is 182 Å². The van der Waals surface area contributed by atoms with Crippen molar-refractivity contribution in [2.45, 2.75) is 0 Å². The second-order valence-electron chi connectivity index (χ2n) is 12.3. The lowest BCUT2D eigenvalue weighted by molar-refractivity contribution is 0.591. The molecule has 2 heterocycles. The molecule has 0 amide bonds. The van der Waals surface area contributed by atoms with Crippen molar-refractivity contribution in [3.8, 4) is 0 Å². The third kappa shape index (κ3) is 4.56. The molecule has 4 nitrogen and oxygen atoms in total. The van der Waals surface area contributed by atoms with Crippen LogP contribution in [-0.2, 0) is 9.13 Å². The molecule has 0 unspecified atom stereocenters. The van der Waals surface area contributed by atoms with Gasteiger partial charge in [0.2, 0.25) is 0 Å². The number of benzene rings is 7. The van der Waals surface area contributed by atoms with Gasteiger partial charge in [0.1, 0.15) is 5.65 Å². The first-order chi connectivity index (χ1) is 24.1. The number of fused-ring (bicyclic) bond motifs is 8. The van der Waals surface area contributed by atoms with E-state index in [2.05, 4.69) is 34.7 Å². The fourth-order valence-corrected chi connectivity index (χ4v) is 12.5. The summed E-state index contributed by atoms with van der Waals surface area (Å²) in [6.45, 7) is 0. The molecular weight excluding hydrogens is 638 g/mol. The number of aromatic nitrogens is 2. The maximum atomic E-state index is 15.4. The van der Waals surface area contributed by atoms with Crippen LogP contribution in [0.3, 0.4) is 0 Å². The van der Waals surface area contributed by atoms with Crippen LogP contribution in [0.1, 0.15) is 0 Å². The number of imidazole rings is 1. The molecule has 6 heteroatoms. The molecular formula is C43H30N2O2P2. The molecule has 49 heavy (non-hydrogen) atoms. The highest BCUT2D eigenvalue weighted by Crippen LogP contribution is 2.45. The van der Waals surface area contributed by atoms with Gasteiger partial charge in [-0.25, -0.2) is 4.98 Å². The first-order valence-corrected chi connectivity index (χ1v) is 19.7. The summed E-state index contributed by atoms with van der Waals surface area (Å²) >= 11 is 0. The first kappa shape index (κ1) is 29.6. The van der Waals surface area contributed by atoms with Gasteiger partial charge in [0.15, 0.2) is 14.3 Å². The lowest BCUT2D eigenvalue weighted by Gasteiger charge is -2.21. The van der Waals surface area contributed by atoms with E-state index in [9.17, 15) is 0 Å². The molecule has 9 aromatic rings. The molecule has 0 N–H and O–H groups in total. The highest BCUT2D eigenvalue weighted by Gasteiger charge is 2.32. The second kappa shape index (κ2) is 11.6. The Morgan fingerprint density at radius 1 is 0.367 bits per heavy atom. The average molecular weight is 669 g/mol. The van der Waals surface area contributed by atoms with Gasteiger partial charge in [-0.15, -0.1) is 0 Å². The zero-order valence-corrected chi connectivity index (χ0v) is 28.2. The van der Waals surface area contributed by atoms with E-state index >= 15 is 9.13 Å². The number of rotatable bonds is 6. The highest BCUT2D eigenvalue weighted by atomic mass is 31.2. The molecule has 0 radical (unpaired) electrons. The van der Waals surface area contributed by atoms with Crippen LogP contribution in [-0.4, -0.2) is 9.38 Å². The molecule has 9 rings (SSSR count). The van der Waals surface area contributed by atoms with Crippen molar-refractivity contribution in [1.29, 1.82) is 0 Å². The summed E-state index contributed by atoms with van der Waals surface area (Å²) in [4.78, 5) is 5.21. The van der Waals surface area contributed by atoms with E-state index in [1.54, 1.807) is 0 Å². The quantitative estimate of drug-likeness (QED) is 0.133. The first-order valence-electron chi connectivity index (χ1n) is 16.3. The van der Waals surface area contributed by atoms with Crippen LogP contribution in [0.5, 0.6) is 0 Å². The third-order valence-electron chi connectivity index (χ3n) is 9.52. The van der Waals surface area contributed by atoms with Crippen molar-refractivity contribution in [2.75, 3.05) is 0 Å². The number of para-hydroxylation sites is 1. The molecule has 234 valence electrons. The van der Waals surface area contributed by atoms with Gasteiger partial charge in [0.05, 0.1) is 16.6 Å². The summed E-state index contributed by atoms with van der Waals surface area (Å²) in [5.41, 5.74) is 3.44. The fraction of sp³-hybridized carbons (Fsp3) is 0. The molecule has 0 aliphatic carbocycles. The van der Waals surface area contributed by atoms with Crippen LogP contribution in [0.4, 0.5) is 0 Å². The Morgan fingerprint density at radius 2 is 0.816 bits per heavy atom. The van der Waals surface area contributed by atoms with Crippen LogP contribution in [0.2, 0.25) is 0 Å². The van der Waals surface area contributed by atoms with Crippen molar-refractivity contribution < 1.29 is 9.13 Å². The van der Waals surface area contributed by atoms with Crippen molar-refractivity contribution in [2.24, 2.45) is 0 Å². The summed E-state index contributed by atoms with van der Waals surface area (Å²) < 4.78 is 32.9. The number of hydrogen-bond acceptors (Lipinski definition) is 3. The Morgan fingerprint density at radius 3 is 1.35 bits per heavy atom. The van der Waals surface area contributed by atoms with Crippen LogP contribution in [0.15, 0.2) is 182 Å². The van der Waals surface area contributed by atoms with Gasteiger partial charge in [-0.1, -0.05) is 152 Å². The average Bonchev–Trinajstić information content (AvgIpc) is 3.58. The molecule has 0 fully saturated rings. The maximum absolute atomic E-state index is 15.4. The van der Waals surface area contributed by atoms with Gasteiger partial charge in [0, 0.05) is 42.6 Å². The van der Waals surface area contributed by atoms with E-state index in [0.29, 0.717) is 0 Å². The number of hydrogen-bond donors (Lipinski definition) is 0. The zero-order chi connectivity index (χ0) is 33.0. The predicted molar refractivity (Wildman–Crippen MR) is 206 cm³/mol. The minimum atomic E-state index is -3.23. The van der Waals surface area contributed by atoms with Crippen molar-refractivity contribution in [3.63, 3.8) is 0 Å². The van der Waals surface area contributed by atoms with Crippen LogP contribution in [0.25, 0.3) is 38.4 Å². The lowest BCUT2D eigenvalue weighted by atomic mass is 10.1. The molecule has 0 bridgehead atoms. The molecule has 0 saturated heterocycles. The summed E-state index contributed by atoms with van der Waals surface area (Å²) in [5.74, 6) is 0. The SMILES string of the molecule is O=P(c1ccccc1)(c1ccccc1)c1ccc2c3ccccc3n3c4cc(P(=O)(c5ccccc5)c5ccccc5)ccc4nc3c2c1. The van der Waals surface area contributed by atoms with E-state index in [1.807, 2.05) is 152 Å². The van der Waals surface area contributed by atoms with Gasteiger partial charge in [-0.05, 0) is 35.7 Å². The summed E-state index contributed by atoms with van der Waals surface area (Å²) in [6, 6.07) is 59.5. The molecule has 0 atom stereocenters. The highest BCUT2D eigenvalue weighted by molar-refractivity contribution is 7.85. The Balaban J connectivity index is 1.36. The Labute approximate surface area is 284 Å². The monoisotopic (exact) mass is 668 g/mol. The maximum Gasteiger partial charge on any atom is 0.171 e. The smallest absolute Gasteiger partial charge is 0.171 e. The molecule has 0 saturated carbocycles. The van der Waals surface area contributed by atoms with E-state index < -0.39 is 14.3 Å². The van der Waals surface area contributed by atoms with Crippen molar-refractivity contribution in [1.82, 2.24) is 9.38 Å². The molecule has 2 aromatic heterocycles. The minimum absolute atomic E-state index is 0.745. The minimum Gasteiger partial charge on any atom is -0.309 e. The fourth-order valence-electron chi connectivity index (χ4n) is 7.17. The Bertz CT molecular complexity index is 2680. The van der Waals surface area contributed by atoms with Crippen LogP contribution < -0.4 is 31.8 Å². The van der Waals surface area contributed by atoms with Crippen LogP contribution in [0, 0.1) is 0 Å². The molecule has 0 spiro atoms. The summed E-state index contributed by atoms with van der Waals surface area (Å²) in [6.07, 6.45) is 0. The standard InChI is InChI=1S/C43H30N2O2P2/c46-48(31-15-5-1-6-16-31,32-17-7-2-8-18-32)35-25-27-37-38-23-13-14-24-41(38)45-42-30-36(26-28-40(42)44-43(45)39(37)29-35)49(47,33-19-9-3-10-20-33)34-21-11-4-12-22-34/h1-30H. The second-order valence-corrected chi connectivity index (χ2v) is 17.8. The summed E-state index contributed by atoms with van der Waals surface area (Å²) in [7, 11) is -6.44. The van der Waals surface area contributed by atoms with E-state index in [-0.39, 0.29) is 0 Å². The van der Waals surface area contributed by atoms with Gasteiger partial charge < -0.3 is 9.13 Å². The van der Waals surface area contributed by atoms with Crippen molar-refractivity contribution >= 4 is 84.5 Å². The van der Waals surface area contributed by atoms with Gasteiger partial charge in [0.25, 0.3) is 0 Å². The zero-order valence-electron chi connectivity index (χ0n) is 26.4. The largest absolute Gasteiger partial charge is 0.309 e. The Hall–Kier alpha value is -5.53. The van der Waals surface area contributed by atoms with Gasteiger partial charge in [-0.2, -0.15) is 0 Å². The normalized spacial score (nSPS) is 12.2. The molecule has 0 aliphatic heterocycles. The van der Waals surface area contributed by atoms with E-state index in [4.69, 9.17) is 4.98 Å². The Kier molecular flexibility index (Phi) is 6.99. The third-order valence-corrected chi connectivity index (χ3v) is 15.6. The van der Waals surface area contributed by atoms with Crippen LogP contribution >= 0.6 is 14.3 Å². The van der Waals surface area contributed by atoms with Gasteiger partial charge >= 0.3 is 0 Å². The lowest BCUT2D eigenvalue weighted by Crippen LogP contribution is -2.25. The van der Waals surface area contributed by atoms with E-state index in [1.165, 1.54) is 0 Å². The molecule has 0 aliphatic rings. The number of pyridine rings is 1. The number of nitrogens with zero attached hydrogens (tertiary/aromatic N) is 2. The predicted octanol–water partition coefficient (Wildman–Crippen LogP) is 8.07. The van der Waals surface area contributed by atoms with Gasteiger partial charge in [-0.3, -0.25) is 4.40 Å². The topological polar surface area (TPSA) is 51.4 Å². The molecule has 7 aromatic carbocycles. The van der Waals surface area contributed by atoms with E-state index in [0.717, 1.165) is 70.2 Å². The summed E-state index contributed by atoms with van der Waals surface area (Å²) in [5, 5.41) is 7.64.